The highest BCUT2D eigenvalue weighted by atomic mass is 32.2. The minimum Gasteiger partial charge on any atom is -0.495 e. The number of benzene rings is 1. The van der Waals surface area contributed by atoms with E-state index < -0.39 is 16.0 Å². The van der Waals surface area contributed by atoms with E-state index in [0.29, 0.717) is 26.1 Å². The molecule has 1 aliphatic heterocycles. The Kier molecular flexibility index (Phi) is 4.81. The fourth-order valence-electron chi connectivity index (χ4n) is 2.12. The molecule has 0 spiro atoms. The van der Waals surface area contributed by atoms with Crippen LogP contribution in [0.3, 0.4) is 0 Å². The molecule has 2 rings (SSSR count). The first-order chi connectivity index (χ1) is 9.94. The van der Waals surface area contributed by atoms with Crippen LogP contribution in [0.2, 0.25) is 0 Å². The van der Waals surface area contributed by atoms with Gasteiger partial charge in [0.25, 0.3) is 0 Å². The quantitative estimate of drug-likeness (QED) is 0.835. The van der Waals surface area contributed by atoms with E-state index >= 15 is 0 Å². The summed E-state index contributed by atoms with van der Waals surface area (Å²) in [6.07, 6.45) is 1.21. The van der Waals surface area contributed by atoms with Crippen molar-refractivity contribution in [2.45, 2.75) is 23.8 Å². The topological polar surface area (TPSA) is 102 Å². The second-order valence-corrected chi connectivity index (χ2v) is 6.36. The highest BCUT2D eigenvalue weighted by Gasteiger charge is 2.25. The van der Waals surface area contributed by atoms with Crippen LogP contribution in [0.15, 0.2) is 23.1 Å². The average molecular weight is 315 g/mol. The number of carbonyl (C=O) groups is 1. The maximum absolute atomic E-state index is 12.4. The van der Waals surface area contributed by atoms with Gasteiger partial charge in [0.15, 0.2) is 0 Å². The van der Waals surface area contributed by atoms with Gasteiger partial charge < -0.3 is 14.6 Å². The predicted octanol–water partition coefficient (Wildman–Crippen LogP) is 0.851. The third kappa shape index (κ3) is 3.72. The molecule has 0 amide bonds. The Morgan fingerprint density at radius 3 is 2.62 bits per heavy atom. The van der Waals surface area contributed by atoms with E-state index in [1.807, 2.05) is 0 Å². The normalized spacial score (nSPS) is 16.6. The Morgan fingerprint density at radius 1 is 1.38 bits per heavy atom. The fourth-order valence-corrected chi connectivity index (χ4v) is 3.58. The summed E-state index contributed by atoms with van der Waals surface area (Å²) in [7, 11) is -2.47. The zero-order valence-corrected chi connectivity index (χ0v) is 12.4. The van der Waals surface area contributed by atoms with Gasteiger partial charge >= 0.3 is 5.97 Å². The first-order valence-corrected chi connectivity index (χ1v) is 7.94. The van der Waals surface area contributed by atoms with E-state index in [9.17, 15) is 13.2 Å². The monoisotopic (exact) mass is 315 g/mol. The van der Waals surface area contributed by atoms with Crippen LogP contribution in [0, 0.1) is 0 Å². The minimum absolute atomic E-state index is 0.00876. The van der Waals surface area contributed by atoms with Crippen molar-refractivity contribution in [1.29, 1.82) is 0 Å². The van der Waals surface area contributed by atoms with Crippen LogP contribution in [-0.2, 0) is 14.8 Å². The van der Waals surface area contributed by atoms with Gasteiger partial charge in [-0.1, -0.05) is 0 Å². The Bertz CT molecular complexity index is 622. The zero-order chi connectivity index (χ0) is 15.5. The molecule has 1 heterocycles. The number of carboxylic acid groups (broad SMARTS) is 1. The largest absolute Gasteiger partial charge is 0.495 e. The van der Waals surface area contributed by atoms with Crippen molar-refractivity contribution >= 4 is 16.0 Å². The third-order valence-corrected chi connectivity index (χ3v) is 4.80. The lowest BCUT2D eigenvalue weighted by Crippen LogP contribution is -2.38. The van der Waals surface area contributed by atoms with Gasteiger partial charge in [0.05, 0.1) is 12.7 Å². The molecule has 1 aliphatic rings. The molecule has 0 aliphatic carbocycles. The maximum Gasteiger partial charge on any atom is 0.335 e. The van der Waals surface area contributed by atoms with E-state index in [-0.39, 0.29) is 22.3 Å². The molecule has 2 N–H and O–H groups in total. The number of aromatic carboxylic acids is 1. The van der Waals surface area contributed by atoms with Crippen LogP contribution in [0.1, 0.15) is 23.2 Å². The SMILES string of the molecule is COc1cc(C(=O)O)ccc1S(=O)(=O)NC1CCOCC1. The van der Waals surface area contributed by atoms with Crippen LogP contribution in [0.4, 0.5) is 0 Å². The highest BCUT2D eigenvalue weighted by molar-refractivity contribution is 7.89. The summed E-state index contributed by atoms with van der Waals surface area (Å²) in [5.41, 5.74) is -0.0307. The van der Waals surface area contributed by atoms with Crippen molar-refractivity contribution in [2.24, 2.45) is 0 Å². The Morgan fingerprint density at radius 2 is 2.05 bits per heavy atom. The summed E-state index contributed by atoms with van der Waals surface area (Å²) in [5.74, 6) is -1.14. The molecule has 8 heteroatoms. The summed E-state index contributed by atoms with van der Waals surface area (Å²) in [6, 6.07) is 3.49. The van der Waals surface area contributed by atoms with Crippen LogP contribution >= 0.6 is 0 Å². The van der Waals surface area contributed by atoms with E-state index in [1.54, 1.807) is 0 Å². The second-order valence-electron chi connectivity index (χ2n) is 4.68. The molecule has 0 unspecified atom stereocenters. The number of sulfonamides is 1. The lowest BCUT2D eigenvalue weighted by molar-refractivity contribution is 0.0696. The molecule has 0 atom stereocenters. The van der Waals surface area contributed by atoms with E-state index in [1.165, 1.54) is 25.3 Å². The van der Waals surface area contributed by atoms with Gasteiger partial charge in [0, 0.05) is 19.3 Å². The van der Waals surface area contributed by atoms with Crippen molar-refractivity contribution in [3.8, 4) is 5.75 Å². The number of rotatable bonds is 5. The Balaban J connectivity index is 2.28. The lowest BCUT2D eigenvalue weighted by atomic mass is 10.1. The molecule has 0 bridgehead atoms. The van der Waals surface area contributed by atoms with Gasteiger partial charge in [-0.15, -0.1) is 0 Å². The van der Waals surface area contributed by atoms with Gasteiger partial charge in [0.1, 0.15) is 10.6 Å². The Hall–Kier alpha value is -1.64. The summed E-state index contributed by atoms with van der Waals surface area (Å²) < 4.78 is 37.6. The fraction of sp³-hybridized carbons (Fsp3) is 0.462. The van der Waals surface area contributed by atoms with Gasteiger partial charge in [-0.2, -0.15) is 0 Å². The van der Waals surface area contributed by atoms with Gasteiger partial charge in [-0.05, 0) is 31.0 Å². The highest BCUT2D eigenvalue weighted by Crippen LogP contribution is 2.25. The number of methoxy groups -OCH3 is 1. The van der Waals surface area contributed by atoms with Crippen LogP contribution in [0.5, 0.6) is 5.75 Å². The van der Waals surface area contributed by atoms with Crippen molar-refractivity contribution in [1.82, 2.24) is 4.72 Å². The minimum atomic E-state index is -3.77. The van der Waals surface area contributed by atoms with E-state index in [4.69, 9.17) is 14.6 Å². The van der Waals surface area contributed by atoms with E-state index in [2.05, 4.69) is 4.72 Å². The number of hydrogen-bond donors (Lipinski definition) is 2. The molecular formula is C13H17NO6S. The number of ether oxygens (including phenoxy) is 2. The standard InChI is InChI=1S/C13H17NO6S/c1-19-11-8-9(13(15)16)2-3-12(11)21(17,18)14-10-4-6-20-7-5-10/h2-3,8,10,14H,4-7H2,1H3,(H,15,16). The molecule has 1 fully saturated rings. The molecule has 1 aromatic carbocycles. The molecule has 116 valence electrons. The molecule has 1 aromatic rings. The van der Waals surface area contributed by atoms with Crippen LogP contribution in [-0.4, -0.2) is 45.9 Å². The number of hydrogen-bond acceptors (Lipinski definition) is 5. The third-order valence-electron chi connectivity index (χ3n) is 3.24. The maximum atomic E-state index is 12.4. The van der Waals surface area contributed by atoms with Gasteiger partial charge in [-0.3, -0.25) is 0 Å². The molecule has 1 saturated heterocycles. The summed E-state index contributed by atoms with van der Waals surface area (Å²) >= 11 is 0. The predicted molar refractivity (Wildman–Crippen MR) is 74.1 cm³/mol. The smallest absolute Gasteiger partial charge is 0.335 e. The van der Waals surface area contributed by atoms with Crippen LogP contribution < -0.4 is 9.46 Å². The first kappa shape index (κ1) is 15.7. The summed E-state index contributed by atoms with van der Waals surface area (Å²) in [5, 5.41) is 8.93. The zero-order valence-electron chi connectivity index (χ0n) is 11.5. The van der Waals surface area contributed by atoms with Gasteiger partial charge in [0.2, 0.25) is 10.0 Å². The molecule has 21 heavy (non-hydrogen) atoms. The van der Waals surface area contributed by atoms with Gasteiger partial charge in [-0.25, -0.2) is 17.9 Å². The molecule has 0 saturated carbocycles. The lowest BCUT2D eigenvalue weighted by Gasteiger charge is -2.23. The van der Waals surface area contributed by atoms with Crippen molar-refractivity contribution in [3.05, 3.63) is 23.8 Å². The van der Waals surface area contributed by atoms with E-state index in [0.717, 1.165) is 0 Å². The second kappa shape index (κ2) is 6.42. The van der Waals surface area contributed by atoms with Crippen molar-refractivity contribution in [3.63, 3.8) is 0 Å². The first-order valence-electron chi connectivity index (χ1n) is 6.45. The molecular weight excluding hydrogens is 298 g/mol. The Labute approximate surface area is 122 Å². The summed E-state index contributed by atoms with van der Waals surface area (Å²) in [6.45, 7) is 1.03. The molecule has 0 radical (unpaired) electrons. The number of carboxylic acids is 1. The number of nitrogens with one attached hydrogen (secondary N) is 1. The van der Waals surface area contributed by atoms with Crippen molar-refractivity contribution in [2.75, 3.05) is 20.3 Å². The molecule has 7 nitrogen and oxygen atoms in total. The van der Waals surface area contributed by atoms with Crippen LogP contribution in [0.25, 0.3) is 0 Å². The molecule has 0 aromatic heterocycles. The average Bonchev–Trinajstić information content (AvgIpc) is 2.47. The van der Waals surface area contributed by atoms with Crippen molar-refractivity contribution < 1.29 is 27.8 Å². The summed E-state index contributed by atoms with van der Waals surface area (Å²) in [4.78, 5) is 10.8.